The van der Waals surface area contributed by atoms with Crippen LogP contribution in [0.4, 0.5) is 0 Å². The minimum atomic E-state index is 0.726. The van der Waals surface area contributed by atoms with Crippen LogP contribution in [0, 0.1) is 0 Å². The third-order valence-corrected chi connectivity index (χ3v) is 3.79. The van der Waals surface area contributed by atoms with Crippen LogP contribution in [0.15, 0.2) is 16.6 Å². The number of morpholine rings is 1. The number of benzene rings is 1. The van der Waals surface area contributed by atoms with Crippen LogP contribution in [0.3, 0.4) is 0 Å². The molecular weight excluding hydrogens is 312 g/mol. The van der Waals surface area contributed by atoms with Crippen LogP contribution < -0.4 is 14.9 Å². The summed E-state index contributed by atoms with van der Waals surface area (Å²) >= 11 is 3.56. The smallest absolute Gasteiger partial charge is 0.161 e. The van der Waals surface area contributed by atoms with Crippen LogP contribution in [0.5, 0.6) is 11.5 Å². The van der Waals surface area contributed by atoms with Crippen molar-refractivity contribution >= 4 is 15.9 Å². The molecular formula is C13H19BrN2O3. The van der Waals surface area contributed by atoms with E-state index < -0.39 is 0 Å². The molecule has 1 N–H and O–H groups in total. The minimum Gasteiger partial charge on any atom is -0.493 e. The highest BCUT2D eigenvalue weighted by Gasteiger charge is 2.12. The second-order valence-electron chi connectivity index (χ2n) is 4.23. The third-order valence-electron chi connectivity index (χ3n) is 3.06. The lowest BCUT2D eigenvalue weighted by molar-refractivity contribution is 0.0105. The summed E-state index contributed by atoms with van der Waals surface area (Å²) < 4.78 is 16.9. The Bertz CT molecular complexity index is 423. The summed E-state index contributed by atoms with van der Waals surface area (Å²) in [7, 11) is 3.28. The van der Waals surface area contributed by atoms with Gasteiger partial charge in [0.2, 0.25) is 0 Å². The maximum absolute atomic E-state index is 5.32. The van der Waals surface area contributed by atoms with Gasteiger partial charge in [0.25, 0.3) is 0 Å². The van der Waals surface area contributed by atoms with Gasteiger partial charge in [0.05, 0.1) is 27.4 Å². The molecule has 0 bridgehead atoms. The minimum absolute atomic E-state index is 0.726. The van der Waals surface area contributed by atoms with Gasteiger partial charge in [-0.15, -0.1) is 0 Å². The van der Waals surface area contributed by atoms with Crippen molar-refractivity contribution < 1.29 is 14.2 Å². The monoisotopic (exact) mass is 330 g/mol. The Kier molecular flexibility index (Phi) is 5.45. The number of nitrogens with one attached hydrogen (secondary N) is 1. The van der Waals surface area contributed by atoms with Crippen LogP contribution in [-0.4, -0.2) is 45.5 Å². The van der Waals surface area contributed by atoms with Crippen LogP contribution >= 0.6 is 15.9 Å². The molecule has 1 heterocycles. The Balaban J connectivity index is 2.02. The standard InChI is InChI=1S/C13H19BrN2O3/c1-17-12-7-10(11(14)8-13(12)18-2)9-15-16-3-5-19-6-4-16/h7-8,15H,3-6,9H2,1-2H3. The predicted molar refractivity (Wildman–Crippen MR) is 76.5 cm³/mol. The summed E-state index contributed by atoms with van der Waals surface area (Å²) in [6.45, 7) is 4.11. The van der Waals surface area contributed by atoms with Gasteiger partial charge in [-0.1, -0.05) is 15.9 Å². The summed E-state index contributed by atoms with van der Waals surface area (Å²) in [5.74, 6) is 1.47. The fourth-order valence-corrected chi connectivity index (χ4v) is 2.41. The molecule has 0 spiro atoms. The first-order chi connectivity index (χ1) is 9.24. The topological polar surface area (TPSA) is 43.0 Å². The van der Waals surface area contributed by atoms with Crippen molar-refractivity contribution in [2.45, 2.75) is 6.54 Å². The number of hydrogen-bond donors (Lipinski definition) is 1. The Labute approximate surface area is 121 Å². The first-order valence-electron chi connectivity index (χ1n) is 6.21. The largest absolute Gasteiger partial charge is 0.493 e. The lowest BCUT2D eigenvalue weighted by Crippen LogP contribution is -2.45. The molecule has 2 rings (SSSR count). The number of rotatable bonds is 5. The van der Waals surface area contributed by atoms with Crippen molar-refractivity contribution in [2.24, 2.45) is 0 Å². The normalized spacial score (nSPS) is 16.4. The number of hydrazine groups is 1. The first kappa shape index (κ1) is 14.6. The summed E-state index contributed by atoms with van der Waals surface area (Å²) in [6.07, 6.45) is 0. The summed E-state index contributed by atoms with van der Waals surface area (Å²) in [6, 6.07) is 3.91. The molecule has 1 aliphatic heterocycles. The molecule has 0 radical (unpaired) electrons. The molecule has 0 atom stereocenters. The highest BCUT2D eigenvalue weighted by molar-refractivity contribution is 9.10. The summed E-state index contributed by atoms with van der Waals surface area (Å²) in [4.78, 5) is 0. The quantitative estimate of drug-likeness (QED) is 0.891. The van der Waals surface area contributed by atoms with Crippen molar-refractivity contribution in [1.82, 2.24) is 10.4 Å². The molecule has 1 fully saturated rings. The van der Waals surface area contributed by atoms with Gasteiger partial charge in [-0.05, 0) is 17.7 Å². The molecule has 0 amide bonds. The lowest BCUT2D eigenvalue weighted by atomic mass is 10.2. The van der Waals surface area contributed by atoms with Crippen molar-refractivity contribution in [3.63, 3.8) is 0 Å². The lowest BCUT2D eigenvalue weighted by Gasteiger charge is -2.27. The van der Waals surface area contributed by atoms with E-state index >= 15 is 0 Å². The van der Waals surface area contributed by atoms with Gasteiger partial charge in [0.1, 0.15) is 0 Å². The molecule has 1 aromatic carbocycles. The molecule has 5 nitrogen and oxygen atoms in total. The maximum atomic E-state index is 5.32. The highest BCUT2D eigenvalue weighted by atomic mass is 79.9. The van der Waals surface area contributed by atoms with Crippen LogP contribution in [0.2, 0.25) is 0 Å². The van der Waals surface area contributed by atoms with Gasteiger partial charge in [0.15, 0.2) is 11.5 Å². The van der Waals surface area contributed by atoms with Crippen LogP contribution in [0.25, 0.3) is 0 Å². The molecule has 1 saturated heterocycles. The van der Waals surface area contributed by atoms with E-state index in [0.717, 1.165) is 54.4 Å². The predicted octanol–water partition coefficient (Wildman–Crippen LogP) is 1.80. The van der Waals surface area contributed by atoms with Crippen molar-refractivity contribution in [2.75, 3.05) is 40.5 Å². The summed E-state index contributed by atoms with van der Waals surface area (Å²) in [5, 5.41) is 2.17. The zero-order chi connectivity index (χ0) is 13.7. The molecule has 0 aromatic heterocycles. The Hall–Kier alpha value is -0.820. The van der Waals surface area contributed by atoms with E-state index in [0.29, 0.717) is 0 Å². The third kappa shape index (κ3) is 3.82. The van der Waals surface area contributed by atoms with Crippen molar-refractivity contribution in [1.29, 1.82) is 0 Å². The molecule has 1 aromatic rings. The molecule has 106 valence electrons. The van der Waals surface area contributed by atoms with Crippen molar-refractivity contribution in [3.8, 4) is 11.5 Å². The zero-order valence-corrected chi connectivity index (χ0v) is 12.8. The van der Waals surface area contributed by atoms with Gasteiger partial charge in [-0.25, -0.2) is 5.01 Å². The SMILES string of the molecule is COc1cc(Br)c(CNN2CCOCC2)cc1OC. The summed E-state index contributed by atoms with van der Waals surface area (Å²) in [5.41, 5.74) is 4.52. The molecule has 0 unspecified atom stereocenters. The van der Waals surface area contributed by atoms with Gasteiger partial charge >= 0.3 is 0 Å². The van der Waals surface area contributed by atoms with Gasteiger partial charge < -0.3 is 14.2 Å². The fraction of sp³-hybridized carbons (Fsp3) is 0.538. The molecule has 6 heteroatoms. The van der Waals surface area contributed by atoms with E-state index in [9.17, 15) is 0 Å². The second-order valence-corrected chi connectivity index (χ2v) is 5.09. The number of hydrogen-bond acceptors (Lipinski definition) is 5. The average molecular weight is 331 g/mol. The van der Waals surface area contributed by atoms with E-state index in [-0.39, 0.29) is 0 Å². The molecule has 0 saturated carbocycles. The van der Waals surface area contributed by atoms with E-state index in [1.54, 1.807) is 14.2 Å². The Morgan fingerprint density at radius 3 is 2.47 bits per heavy atom. The fourth-order valence-electron chi connectivity index (χ4n) is 1.95. The van der Waals surface area contributed by atoms with Crippen LogP contribution in [0.1, 0.15) is 5.56 Å². The first-order valence-corrected chi connectivity index (χ1v) is 7.00. The van der Waals surface area contributed by atoms with E-state index in [2.05, 4.69) is 26.4 Å². The number of halogens is 1. The van der Waals surface area contributed by atoms with E-state index in [4.69, 9.17) is 14.2 Å². The Morgan fingerprint density at radius 2 is 1.84 bits per heavy atom. The van der Waals surface area contributed by atoms with Gasteiger partial charge in [0, 0.05) is 24.1 Å². The molecule has 19 heavy (non-hydrogen) atoms. The van der Waals surface area contributed by atoms with E-state index in [1.165, 1.54) is 0 Å². The molecule has 0 aliphatic carbocycles. The average Bonchev–Trinajstić information content (AvgIpc) is 2.46. The zero-order valence-electron chi connectivity index (χ0n) is 11.2. The molecule has 1 aliphatic rings. The Morgan fingerprint density at radius 1 is 1.21 bits per heavy atom. The second kappa shape index (κ2) is 7.09. The number of methoxy groups -OCH3 is 2. The maximum Gasteiger partial charge on any atom is 0.161 e. The van der Waals surface area contributed by atoms with Crippen LogP contribution in [-0.2, 0) is 11.3 Å². The van der Waals surface area contributed by atoms with Crippen molar-refractivity contribution in [3.05, 3.63) is 22.2 Å². The highest BCUT2D eigenvalue weighted by Crippen LogP contribution is 2.33. The van der Waals surface area contributed by atoms with Gasteiger partial charge in [-0.2, -0.15) is 0 Å². The number of nitrogens with zero attached hydrogens (tertiary/aromatic N) is 1. The van der Waals surface area contributed by atoms with E-state index in [1.807, 2.05) is 12.1 Å². The number of ether oxygens (including phenoxy) is 3. The van der Waals surface area contributed by atoms with Gasteiger partial charge in [-0.3, -0.25) is 5.43 Å².